The summed E-state index contributed by atoms with van der Waals surface area (Å²) in [5.74, 6) is 0. The summed E-state index contributed by atoms with van der Waals surface area (Å²) in [6.45, 7) is 0. The van der Waals surface area contributed by atoms with Gasteiger partial charge in [-0.1, -0.05) is 23.3 Å². The van der Waals surface area contributed by atoms with Crippen molar-refractivity contribution in [3.05, 3.63) is 36.4 Å². The Morgan fingerprint density at radius 1 is 1.17 bits per heavy atom. The fraction of sp³-hybridized carbons (Fsp3) is 0. The predicted octanol–water partition coefficient (Wildman–Crippen LogP) is 0.801. The molecule has 60 valence electrons. The summed E-state index contributed by atoms with van der Waals surface area (Å²) < 4.78 is 13.8. The smallest absolute Gasteiger partial charge is 0.169 e. The van der Waals surface area contributed by atoms with Gasteiger partial charge in [-0.3, -0.25) is 0 Å². The topological polar surface area (TPSA) is 43.6 Å². The van der Waals surface area contributed by atoms with Gasteiger partial charge in [0, 0.05) is 0 Å². The maximum absolute atomic E-state index is 12.8. The lowest BCUT2D eigenvalue weighted by Crippen LogP contribution is -1.99. The van der Waals surface area contributed by atoms with E-state index in [1.165, 1.54) is 0 Å². The molecule has 0 aliphatic heterocycles. The van der Waals surface area contributed by atoms with Gasteiger partial charge >= 0.3 is 6.08 Å². The molecule has 0 aliphatic carbocycles. The second kappa shape index (κ2) is 2.69. The monoisotopic (exact) mass is 164 g/mol. The van der Waals surface area contributed by atoms with Crippen LogP contribution in [0.3, 0.4) is 0 Å². The standard InChI is InChI=1S/C7H5FN4/c8-7-9-10-11-12(7)6-4-2-1-3-5-6/h1-5H. The summed E-state index contributed by atoms with van der Waals surface area (Å²) in [7, 11) is 0. The average molecular weight is 164 g/mol. The van der Waals surface area contributed by atoms with Crippen LogP contribution in [0.4, 0.5) is 4.39 Å². The van der Waals surface area contributed by atoms with Gasteiger partial charge in [-0.15, -0.1) is 0 Å². The summed E-state index contributed by atoms with van der Waals surface area (Å²) in [5.41, 5.74) is 0.611. The summed E-state index contributed by atoms with van der Waals surface area (Å²) in [6.07, 6.45) is -0.707. The molecule has 0 radical (unpaired) electrons. The lowest BCUT2D eigenvalue weighted by Gasteiger charge is -1.96. The zero-order valence-corrected chi connectivity index (χ0v) is 6.05. The van der Waals surface area contributed by atoms with Crippen molar-refractivity contribution in [1.29, 1.82) is 0 Å². The van der Waals surface area contributed by atoms with Crippen molar-refractivity contribution in [1.82, 2.24) is 20.2 Å². The fourth-order valence-electron chi connectivity index (χ4n) is 0.904. The van der Waals surface area contributed by atoms with Crippen LogP contribution in [0.5, 0.6) is 0 Å². The molecule has 0 aliphatic rings. The van der Waals surface area contributed by atoms with Crippen LogP contribution >= 0.6 is 0 Å². The van der Waals surface area contributed by atoms with E-state index in [1.807, 2.05) is 6.07 Å². The van der Waals surface area contributed by atoms with E-state index in [4.69, 9.17) is 0 Å². The SMILES string of the molecule is Fc1nnnn1-c1ccccc1. The minimum atomic E-state index is -0.707. The van der Waals surface area contributed by atoms with Crippen LogP contribution in [0.1, 0.15) is 0 Å². The highest BCUT2D eigenvalue weighted by molar-refractivity contribution is 5.28. The molecule has 12 heavy (non-hydrogen) atoms. The highest BCUT2D eigenvalue weighted by atomic mass is 19.1. The third-order valence-electron chi connectivity index (χ3n) is 1.43. The van der Waals surface area contributed by atoms with Crippen LogP contribution in [-0.2, 0) is 0 Å². The third-order valence-corrected chi connectivity index (χ3v) is 1.43. The van der Waals surface area contributed by atoms with E-state index in [1.54, 1.807) is 24.3 Å². The number of halogens is 1. The van der Waals surface area contributed by atoms with Gasteiger partial charge in [0.15, 0.2) is 0 Å². The second-order valence-electron chi connectivity index (χ2n) is 2.20. The molecule has 2 aromatic rings. The molecule has 0 unspecified atom stereocenters. The molecule has 0 spiro atoms. The van der Waals surface area contributed by atoms with Crippen molar-refractivity contribution in [2.75, 3.05) is 0 Å². The van der Waals surface area contributed by atoms with E-state index in [-0.39, 0.29) is 0 Å². The summed E-state index contributed by atoms with van der Waals surface area (Å²) in [5, 5.41) is 9.78. The Labute approximate surface area is 67.6 Å². The Hall–Kier alpha value is -1.78. The number of benzene rings is 1. The van der Waals surface area contributed by atoms with Crippen molar-refractivity contribution < 1.29 is 4.39 Å². The Morgan fingerprint density at radius 3 is 2.50 bits per heavy atom. The van der Waals surface area contributed by atoms with Gasteiger partial charge < -0.3 is 0 Å². The highest BCUT2D eigenvalue weighted by Crippen LogP contribution is 2.04. The lowest BCUT2D eigenvalue weighted by molar-refractivity contribution is 0.506. The van der Waals surface area contributed by atoms with Gasteiger partial charge in [-0.05, 0) is 22.6 Å². The van der Waals surface area contributed by atoms with Gasteiger partial charge in [0.2, 0.25) is 0 Å². The van der Waals surface area contributed by atoms with Crippen molar-refractivity contribution in [3.8, 4) is 5.69 Å². The second-order valence-corrected chi connectivity index (χ2v) is 2.20. The Bertz CT molecular complexity index is 370. The molecule has 4 nitrogen and oxygen atoms in total. The fourth-order valence-corrected chi connectivity index (χ4v) is 0.904. The van der Waals surface area contributed by atoms with Crippen molar-refractivity contribution in [3.63, 3.8) is 0 Å². The molecule has 2 rings (SSSR count). The molecular weight excluding hydrogens is 159 g/mol. The van der Waals surface area contributed by atoms with Gasteiger partial charge in [0.1, 0.15) is 0 Å². The summed E-state index contributed by atoms with van der Waals surface area (Å²) >= 11 is 0. The Balaban J connectivity index is 2.51. The van der Waals surface area contributed by atoms with Gasteiger partial charge in [0.05, 0.1) is 5.69 Å². The molecule has 0 saturated carbocycles. The van der Waals surface area contributed by atoms with Crippen LogP contribution < -0.4 is 0 Å². The van der Waals surface area contributed by atoms with E-state index in [0.717, 1.165) is 4.68 Å². The van der Waals surface area contributed by atoms with E-state index < -0.39 is 6.08 Å². The quantitative estimate of drug-likeness (QED) is 0.626. The minimum absolute atomic E-state index is 0.611. The van der Waals surface area contributed by atoms with E-state index in [0.29, 0.717) is 5.69 Å². The molecule has 1 heterocycles. The number of rotatable bonds is 1. The molecule has 0 fully saturated rings. The third kappa shape index (κ3) is 1.05. The maximum Gasteiger partial charge on any atom is 0.331 e. The first-order chi connectivity index (χ1) is 5.88. The van der Waals surface area contributed by atoms with Crippen LogP contribution in [-0.4, -0.2) is 20.2 Å². The lowest BCUT2D eigenvalue weighted by atomic mass is 10.3. The molecule has 0 N–H and O–H groups in total. The van der Waals surface area contributed by atoms with Crippen molar-refractivity contribution in [2.45, 2.75) is 0 Å². The van der Waals surface area contributed by atoms with E-state index in [2.05, 4.69) is 15.5 Å². The molecule has 0 atom stereocenters. The Morgan fingerprint density at radius 2 is 1.92 bits per heavy atom. The van der Waals surface area contributed by atoms with E-state index in [9.17, 15) is 4.39 Å². The molecule has 0 bridgehead atoms. The number of nitrogens with zero attached hydrogens (tertiary/aromatic N) is 4. The normalized spacial score (nSPS) is 10.1. The predicted molar refractivity (Wildman–Crippen MR) is 39.1 cm³/mol. The van der Waals surface area contributed by atoms with Crippen molar-refractivity contribution >= 4 is 0 Å². The maximum atomic E-state index is 12.8. The highest BCUT2D eigenvalue weighted by Gasteiger charge is 2.04. The zero-order chi connectivity index (χ0) is 8.39. The number of para-hydroxylation sites is 1. The molecule has 1 aromatic carbocycles. The summed E-state index contributed by atoms with van der Waals surface area (Å²) in [6, 6.07) is 8.86. The number of hydrogen-bond acceptors (Lipinski definition) is 3. The van der Waals surface area contributed by atoms with Crippen LogP contribution in [0.25, 0.3) is 5.69 Å². The summed E-state index contributed by atoms with van der Waals surface area (Å²) in [4.78, 5) is 0. The Kier molecular flexibility index (Phi) is 1.55. The van der Waals surface area contributed by atoms with Gasteiger partial charge in [0.25, 0.3) is 0 Å². The number of hydrogen-bond donors (Lipinski definition) is 0. The van der Waals surface area contributed by atoms with E-state index >= 15 is 0 Å². The number of tetrazole rings is 1. The van der Waals surface area contributed by atoms with Crippen LogP contribution in [0.2, 0.25) is 0 Å². The van der Waals surface area contributed by atoms with Crippen molar-refractivity contribution in [2.24, 2.45) is 0 Å². The molecule has 0 saturated heterocycles. The largest absolute Gasteiger partial charge is 0.331 e. The van der Waals surface area contributed by atoms with Crippen LogP contribution in [0.15, 0.2) is 30.3 Å². The number of aromatic nitrogens is 4. The molecule has 0 amide bonds. The first-order valence-corrected chi connectivity index (χ1v) is 3.37. The first kappa shape index (κ1) is 6.90. The van der Waals surface area contributed by atoms with Crippen LogP contribution in [0, 0.1) is 6.08 Å². The van der Waals surface area contributed by atoms with Gasteiger partial charge in [-0.25, -0.2) is 0 Å². The average Bonchev–Trinajstić information content (AvgIpc) is 2.53. The zero-order valence-electron chi connectivity index (χ0n) is 6.05. The molecule has 1 aromatic heterocycles. The molecular formula is C7H5FN4. The molecule has 5 heteroatoms. The minimum Gasteiger partial charge on any atom is -0.169 e. The first-order valence-electron chi connectivity index (χ1n) is 3.37. The van der Waals surface area contributed by atoms with Gasteiger partial charge in [-0.2, -0.15) is 9.07 Å².